The van der Waals surface area contributed by atoms with Crippen LogP contribution in [0.5, 0.6) is 5.75 Å². The van der Waals surface area contributed by atoms with E-state index in [1.54, 1.807) is 0 Å². The minimum Gasteiger partial charge on any atom is -0.507 e. The van der Waals surface area contributed by atoms with Crippen LogP contribution in [-0.4, -0.2) is 47.5 Å². The lowest BCUT2D eigenvalue weighted by Crippen LogP contribution is -2.41. The molecule has 1 aromatic carbocycles. The number of fused-ring (bicyclic) bond motifs is 3. The first-order chi connectivity index (χ1) is 13.9. The summed E-state index contributed by atoms with van der Waals surface area (Å²) < 4.78 is 0. The second-order valence-electron chi connectivity index (χ2n) is 9.47. The zero-order valence-electron chi connectivity index (χ0n) is 18.3. The topological polar surface area (TPSA) is 43.8 Å². The number of amides is 1. The number of allylic oxidation sites excluding steroid dienone is 1. The van der Waals surface area contributed by atoms with Crippen molar-refractivity contribution in [3.63, 3.8) is 0 Å². The normalized spacial score (nSPS) is 27.3. The number of likely N-dealkylation sites (N-methyl/N-ethyl adjacent to an activating group) is 1. The number of phenols is 1. The summed E-state index contributed by atoms with van der Waals surface area (Å²) in [4.78, 5) is 17.5. The van der Waals surface area contributed by atoms with Gasteiger partial charge in [0.1, 0.15) is 5.75 Å². The lowest BCUT2D eigenvalue weighted by molar-refractivity contribution is -0.134. The average Bonchev–Trinajstić information content (AvgIpc) is 3.35. The number of likely N-dealkylation sites (tertiary alicyclic amines) is 1. The molecule has 1 saturated carbocycles. The highest BCUT2D eigenvalue weighted by atomic mass is 16.3. The molecule has 158 valence electrons. The van der Waals surface area contributed by atoms with E-state index >= 15 is 0 Å². The molecule has 1 N–H and O–H groups in total. The summed E-state index contributed by atoms with van der Waals surface area (Å²) >= 11 is 0. The zero-order valence-corrected chi connectivity index (χ0v) is 18.3. The number of hydrogen-bond donors (Lipinski definition) is 1. The van der Waals surface area contributed by atoms with Crippen LogP contribution < -0.4 is 0 Å². The SMILES string of the molecule is C=CC(C)c1cc(C)c2c(c1O)C(N(C)C(=O)CN1CCCC1)C1CCCCC21. The fraction of sp³-hybridized carbons (Fsp3) is 0.640. The van der Waals surface area contributed by atoms with Gasteiger partial charge in [0.05, 0.1) is 12.6 Å². The number of carbonyl (C=O) groups is 1. The summed E-state index contributed by atoms with van der Waals surface area (Å²) in [6, 6.07) is 2.14. The van der Waals surface area contributed by atoms with Gasteiger partial charge < -0.3 is 10.0 Å². The average molecular weight is 397 g/mol. The maximum absolute atomic E-state index is 13.2. The van der Waals surface area contributed by atoms with Crippen LogP contribution in [0.25, 0.3) is 0 Å². The third-order valence-corrected chi connectivity index (χ3v) is 7.72. The van der Waals surface area contributed by atoms with E-state index in [1.807, 2.05) is 18.0 Å². The number of phenolic OH excluding ortho intramolecular Hbond substituents is 1. The fourth-order valence-corrected chi connectivity index (χ4v) is 6.13. The monoisotopic (exact) mass is 396 g/mol. The first kappa shape index (κ1) is 20.5. The van der Waals surface area contributed by atoms with Crippen LogP contribution in [0.4, 0.5) is 0 Å². The molecule has 0 radical (unpaired) electrons. The van der Waals surface area contributed by atoms with Crippen molar-refractivity contribution in [2.75, 3.05) is 26.7 Å². The summed E-state index contributed by atoms with van der Waals surface area (Å²) in [5.74, 6) is 1.56. The minimum atomic E-state index is -0.0129. The summed E-state index contributed by atoms with van der Waals surface area (Å²) in [6.45, 7) is 10.7. The number of carbonyl (C=O) groups excluding carboxylic acids is 1. The Kier molecular flexibility index (Phi) is 5.74. The highest BCUT2D eigenvalue weighted by Gasteiger charge is 2.47. The van der Waals surface area contributed by atoms with E-state index < -0.39 is 0 Å². The predicted octanol–water partition coefficient (Wildman–Crippen LogP) is 4.87. The molecule has 29 heavy (non-hydrogen) atoms. The number of aromatic hydroxyl groups is 1. The second-order valence-corrected chi connectivity index (χ2v) is 9.47. The van der Waals surface area contributed by atoms with Gasteiger partial charge in [-0.05, 0) is 68.7 Å². The molecule has 2 aliphatic carbocycles. The summed E-state index contributed by atoms with van der Waals surface area (Å²) in [6.07, 6.45) is 9.03. The van der Waals surface area contributed by atoms with Gasteiger partial charge in [-0.25, -0.2) is 0 Å². The zero-order chi connectivity index (χ0) is 20.7. The molecule has 1 amide bonds. The molecule has 1 aliphatic heterocycles. The number of rotatable bonds is 5. The van der Waals surface area contributed by atoms with Crippen LogP contribution in [-0.2, 0) is 4.79 Å². The lowest BCUT2D eigenvalue weighted by Gasteiger charge is -2.36. The van der Waals surface area contributed by atoms with E-state index in [2.05, 4.69) is 31.4 Å². The fourth-order valence-electron chi connectivity index (χ4n) is 6.13. The van der Waals surface area contributed by atoms with E-state index in [9.17, 15) is 9.90 Å². The van der Waals surface area contributed by atoms with Crippen molar-refractivity contribution in [2.24, 2.45) is 5.92 Å². The molecule has 3 aliphatic rings. The second kappa shape index (κ2) is 8.14. The van der Waals surface area contributed by atoms with Gasteiger partial charge >= 0.3 is 0 Å². The van der Waals surface area contributed by atoms with Crippen molar-refractivity contribution in [3.05, 3.63) is 41.0 Å². The molecule has 4 atom stereocenters. The van der Waals surface area contributed by atoms with Crippen molar-refractivity contribution in [2.45, 2.75) is 70.3 Å². The Morgan fingerprint density at radius 3 is 2.66 bits per heavy atom. The van der Waals surface area contributed by atoms with Crippen molar-refractivity contribution >= 4 is 5.91 Å². The first-order valence-electron chi connectivity index (χ1n) is 11.4. The summed E-state index contributed by atoms with van der Waals surface area (Å²) in [5.41, 5.74) is 4.56. The van der Waals surface area contributed by atoms with E-state index in [0.29, 0.717) is 24.1 Å². The molecule has 1 aromatic rings. The number of hydrogen-bond acceptors (Lipinski definition) is 3. The number of aryl methyl sites for hydroxylation is 1. The molecular weight excluding hydrogens is 360 g/mol. The van der Waals surface area contributed by atoms with Gasteiger partial charge in [0.2, 0.25) is 5.91 Å². The Labute approximate surface area is 175 Å². The van der Waals surface area contributed by atoms with Crippen LogP contribution in [0.1, 0.15) is 85.6 Å². The molecule has 4 unspecified atom stereocenters. The Bertz CT molecular complexity index is 797. The summed E-state index contributed by atoms with van der Waals surface area (Å²) in [5, 5.41) is 11.4. The Hall–Kier alpha value is -1.81. The van der Waals surface area contributed by atoms with Crippen LogP contribution in [0.3, 0.4) is 0 Å². The highest BCUT2D eigenvalue weighted by molar-refractivity contribution is 5.79. The molecule has 0 aromatic heterocycles. The quantitative estimate of drug-likeness (QED) is 0.722. The van der Waals surface area contributed by atoms with E-state index in [-0.39, 0.29) is 17.9 Å². The molecule has 0 spiro atoms. The van der Waals surface area contributed by atoms with Crippen molar-refractivity contribution in [3.8, 4) is 5.75 Å². The minimum absolute atomic E-state index is 0.0129. The highest BCUT2D eigenvalue weighted by Crippen LogP contribution is 2.58. The van der Waals surface area contributed by atoms with Gasteiger partial charge in [-0.3, -0.25) is 9.69 Å². The largest absolute Gasteiger partial charge is 0.507 e. The maximum Gasteiger partial charge on any atom is 0.237 e. The van der Waals surface area contributed by atoms with Crippen molar-refractivity contribution < 1.29 is 9.90 Å². The molecule has 4 rings (SSSR count). The third-order valence-electron chi connectivity index (χ3n) is 7.72. The van der Waals surface area contributed by atoms with Gasteiger partial charge in [-0.15, -0.1) is 6.58 Å². The number of benzene rings is 1. The van der Waals surface area contributed by atoms with Crippen LogP contribution in [0, 0.1) is 12.8 Å². The Morgan fingerprint density at radius 1 is 1.28 bits per heavy atom. The molecule has 2 fully saturated rings. The van der Waals surface area contributed by atoms with E-state index in [0.717, 1.165) is 30.6 Å². The predicted molar refractivity (Wildman–Crippen MR) is 117 cm³/mol. The number of nitrogens with zero attached hydrogens (tertiary/aromatic N) is 2. The van der Waals surface area contributed by atoms with Gasteiger partial charge in [0.15, 0.2) is 0 Å². The van der Waals surface area contributed by atoms with E-state index in [4.69, 9.17) is 0 Å². The third kappa shape index (κ3) is 3.50. The first-order valence-corrected chi connectivity index (χ1v) is 11.4. The standard InChI is InChI=1S/C25H36N2O2/c1-5-16(2)20-14-17(3)22-18-10-6-7-11-19(18)24(23(22)25(20)29)26(4)21(28)15-27-12-8-9-13-27/h5,14,16,18-19,24,29H,1,6-13,15H2,2-4H3. The molecule has 1 saturated heterocycles. The molecule has 1 heterocycles. The molecular formula is C25H36N2O2. The Morgan fingerprint density at radius 2 is 1.97 bits per heavy atom. The van der Waals surface area contributed by atoms with Crippen LogP contribution in [0.15, 0.2) is 18.7 Å². The van der Waals surface area contributed by atoms with Crippen molar-refractivity contribution in [1.29, 1.82) is 0 Å². The maximum atomic E-state index is 13.2. The van der Waals surface area contributed by atoms with Gasteiger partial charge in [0, 0.05) is 24.1 Å². The van der Waals surface area contributed by atoms with E-state index in [1.165, 1.54) is 43.2 Å². The molecule has 4 heteroatoms. The Balaban J connectivity index is 1.74. The van der Waals surface area contributed by atoms with Crippen molar-refractivity contribution in [1.82, 2.24) is 9.80 Å². The lowest BCUT2D eigenvalue weighted by atomic mass is 9.77. The van der Waals surface area contributed by atoms with Gasteiger partial charge in [-0.1, -0.05) is 31.9 Å². The van der Waals surface area contributed by atoms with Crippen LogP contribution in [0.2, 0.25) is 0 Å². The van der Waals surface area contributed by atoms with Gasteiger partial charge in [-0.2, -0.15) is 0 Å². The van der Waals surface area contributed by atoms with Gasteiger partial charge in [0.25, 0.3) is 0 Å². The molecule has 0 bridgehead atoms. The van der Waals surface area contributed by atoms with Crippen LogP contribution >= 0.6 is 0 Å². The smallest absolute Gasteiger partial charge is 0.237 e. The molecule has 4 nitrogen and oxygen atoms in total. The summed E-state index contributed by atoms with van der Waals surface area (Å²) in [7, 11) is 1.96.